The molecule has 0 unspecified atom stereocenters. The summed E-state index contributed by atoms with van der Waals surface area (Å²) < 4.78 is 0. The largest absolute Gasteiger partial charge is 0.355 e. The van der Waals surface area contributed by atoms with Crippen LogP contribution in [0.2, 0.25) is 0 Å². The average molecular weight is 377 g/mol. The Bertz CT molecular complexity index is 1090. The third-order valence-electron chi connectivity index (χ3n) is 5.11. The van der Waals surface area contributed by atoms with Crippen LogP contribution in [0.3, 0.4) is 0 Å². The molecule has 3 heteroatoms. The summed E-state index contributed by atoms with van der Waals surface area (Å²) in [5, 5.41) is 7.48. The quantitative estimate of drug-likeness (QED) is 0.268. The van der Waals surface area contributed by atoms with Crippen LogP contribution in [0.25, 0.3) is 21.8 Å². The van der Waals surface area contributed by atoms with E-state index in [0.717, 1.165) is 17.5 Å². The van der Waals surface area contributed by atoms with Crippen molar-refractivity contribution in [2.24, 2.45) is 0 Å². The highest BCUT2D eigenvalue weighted by Gasteiger charge is 2.12. The predicted molar refractivity (Wildman–Crippen MR) is 121 cm³/mol. The Balaban J connectivity index is 0.000000122. The van der Waals surface area contributed by atoms with Gasteiger partial charge in [-0.3, -0.25) is 0 Å². The van der Waals surface area contributed by atoms with Crippen LogP contribution < -0.4 is 5.32 Å². The highest BCUT2D eigenvalue weighted by atomic mass is 28.2. The van der Waals surface area contributed by atoms with Crippen molar-refractivity contribution in [1.29, 1.82) is 0 Å². The van der Waals surface area contributed by atoms with E-state index >= 15 is 0 Å². The van der Waals surface area contributed by atoms with Crippen LogP contribution in [0.5, 0.6) is 0 Å². The van der Waals surface area contributed by atoms with Gasteiger partial charge in [0.2, 0.25) is 0 Å². The summed E-state index contributed by atoms with van der Waals surface area (Å²) in [6.45, 7) is 0. The van der Waals surface area contributed by atoms with Gasteiger partial charge in [-0.1, -0.05) is 66.3 Å². The van der Waals surface area contributed by atoms with Gasteiger partial charge in [0.05, 0.1) is 11.0 Å². The van der Waals surface area contributed by atoms with E-state index in [1.54, 1.807) is 5.17 Å². The zero-order valence-corrected chi connectivity index (χ0v) is 16.6. The van der Waals surface area contributed by atoms with Crippen LogP contribution in [0.1, 0.15) is 10.7 Å². The topological polar surface area (TPSA) is 24.9 Å². The van der Waals surface area contributed by atoms with Crippen molar-refractivity contribution >= 4 is 42.3 Å². The number of aromatic nitrogens is 1. The number of pyridine rings is 1. The lowest BCUT2D eigenvalue weighted by Gasteiger charge is -2.20. The SMILES string of the molecule is c1ccc2c(c1)Cc1[siH]cccc1N2.c1ccc2nc3ccccc3cc2c1. The van der Waals surface area contributed by atoms with Gasteiger partial charge in [0.1, 0.15) is 0 Å². The Hall–Kier alpha value is -3.30. The number of nitrogens with zero attached hydrogens (tertiary/aromatic N) is 1. The summed E-state index contributed by atoms with van der Waals surface area (Å²) in [5.74, 6) is 0. The van der Waals surface area contributed by atoms with Gasteiger partial charge in [0.25, 0.3) is 0 Å². The number of rotatable bonds is 0. The van der Waals surface area contributed by atoms with E-state index in [2.05, 4.69) is 70.6 Å². The number of para-hydroxylation sites is 3. The van der Waals surface area contributed by atoms with E-state index in [1.165, 1.54) is 27.7 Å². The van der Waals surface area contributed by atoms with Crippen molar-refractivity contribution in [3.8, 4) is 0 Å². The Morgan fingerprint density at radius 1 is 0.679 bits per heavy atom. The van der Waals surface area contributed by atoms with Gasteiger partial charge in [-0.15, -0.1) is 0 Å². The standard InChI is InChI=1S/C13H9N.C12H11NSi/c1-3-7-12-10(5-1)9-11-6-2-4-8-13(11)14-12;1-2-5-10-9(4-1)8-12-11(13-10)6-3-7-14-12/h1-9H;1-7,13-14H,8H2. The molecule has 0 radical (unpaired) electrons. The Morgan fingerprint density at radius 2 is 1.32 bits per heavy atom. The zero-order chi connectivity index (χ0) is 18.8. The molecule has 1 aliphatic rings. The van der Waals surface area contributed by atoms with Gasteiger partial charge >= 0.3 is 0 Å². The van der Waals surface area contributed by atoms with E-state index in [4.69, 9.17) is 0 Å². The Labute approximate surface area is 166 Å². The summed E-state index contributed by atoms with van der Waals surface area (Å²) in [5.41, 5.74) is 8.47. The fourth-order valence-corrected chi connectivity index (χ4v) is 4.80. The molecule has 0 bridgehead atoms. The molecule has 0 atom stereocenters. The van der Waals surface area contributed by atoms with Gasteiger partial charge in [0.15, 0.2) is 0 Å². The molecule has 0 amide bonds. The molecule has 0 saturated carbocycles. The Morgan fingerprint density at radius 3 is 2.11 bits per heavy atom. The maximum absolute atomic E-state index is 4.58. The number of anilines is 2. The summed E-state index contributed by atoms with van der Waals surface area (Å²) in [6.07, 6.45) is 1.13. The summed E-state index contributed by atoms with van der Waals surface area (Å²) >= 11 is 0. The van der Waals surface area contributed by atoms with Crippen molar-refractivity contribution < 1.29 is 0 Å². The van der Waals surface area contributed by atoms with E-state index < -0.39 is 0 Å². The molecule has 134 valence electrons. The second-order valence-electron chi connectivity index (χ2n) is 6.99. The molecule has 0 aliphatic carbocycles. The molecule has 0 spiro atoms. The minimum Gasteiger partial charge on any atom is -0.355 e. The molecule has 28 heavy (non-hydrogen) atoms. The van der Waals surface area contributed by atoms with Gasteiger partial charge in [0, 0.05) is 31.3 Å². The molecular weight excluding hydrogens is 356 g/mol. The monoisotopic (exact) mass is 376 g/mol. The molecule has 6 rings (SSSR count). The number of hydrogen-bond donors (Lipinski definition) is 1. The normalized spacial score (nSPS) is 11.7. The van der Waals surface area contributed by atoms with Crippen LogP contribution in [0, 0.1) is 0 Å². The summed E-state index contributed by atoms with van der Waals surface area (Å²) in [7, 11) is 0.365. The van der Waals surface area contributed by atoms with Gasteiger partial charge in [-0.25, -0.2) is 4.98 Å². The zero-order valence-electron chi connectivity index (χ0n) is 15.5. The number of fused-ring (bicyclic) bond motifs is 4. The fourth-order valence-electron chi connectivity index (χ4n) is 3.66. The van der Waals surface area contributed by atoms with Crippen molar-refractivity contribution in [3.63, 3.8) is 0 Å². The fraction of sp³-hybridized carbons (Fsp3) is 0.0400. The van der Waals surface area contributed by atoms with Crippen LogP contribution in [-0.2, 0) is 6.42 Å². The number of hydrogen-bond acceptors (Lipinski definition) is 2. The minimum absolute atomic E-state index is 0.365. The van der Waals surface area contributed by atoms with Crippen molar-refractivity contribution in [3.05, 3.63) is 107 Å². The third kappa shape index (κ3) is 3.32. The van der Waals surface area contributed by atoms with Crippen LogP contribution in [0.4, 0.5) is 11.4 Å². The molecule has 2 nitrogen and oxygen atoms in total. The molecular formula is C25H20N2Si. The van der Waals surface area contributed by atoms with E-state index in [0.29, 0.717) is 9.12 Å². The number of benzene rings is 3. The van der Waals surface area contributed by atoms with Gasteiger partial charge in [-0.05, 0) is 47.5 Å². The molecule has 2 aromatic heterocycles. The molecule has 1 aliphatic heterocycles. The molecule has 3 aromatic carbocycles. The van der Waals surface area contributed by atoms with E-state index in [-0.39, 0.29) is 0 Å². The van der Waals surface area contributed by atoms with Crippen molar-refractivity contribution in [2.45, 2.75) is 6.42 Å². The first-order chi connectivity index (χ1) is 13.9. The van der Waals surface area contributed by atoms with Crippen molar-refractivity contribution in [2.75, 3.05) is 5.32 Å². The minimum atomic E-state index is 0.365. The predicted octanol–water partition coefficient (Wildman–Crippen LogP) is 5.79. The second-order valence-corrected chi connectivity index (χ2v) is 8.41. The highest BCUT2D eigenvalue weighted by molar-refractivity contribution is 6.33. The van der Waals surface area contributed by atoms with Crippen molar-refractivity contribution in [1.82, 2.24) is 4.98 Å². The molecule has 1 N–H and O–H groups in total. The smallest absolute Gasteiger partial charge is 0.0709 e. The first kappa shape index (κ1) is 16.8. The van der Waals surface area contributed by atoms with Gasteiger partial charge < -0.3 is 5.32 Å². The first-order valence-corrected chi connectivity index (χ1v) is 10.8. The lowest BCUT2D eigenvalue weighted by atomic mass is 10.0. The lowest BCUT2D eigenvalue weighted by Crippen LogP contribution is -2.07. The van der Waals surface area contributed by atoms with Crippen LogP contribution in [-0.4, -0.2) is 14.1 Å². The third-order valence-corrected chi connectivity index (χ3v) is 6.44. The number of nitrogens with one attached hydrogen (secondary N) is 1. The molecule has 0 fully saturated rings. The van der Waals surface area contributed by atoms with Gasteiger partial charge in [-0.2, -0.15) is 0 Å². The first-order valence-electron chi connectivity index (χ1n) is 9.54. The maximum Gasteiger partial charge on any atom is 0.0709 e. The lowest BCUT2D eigenvalue weighted by molar-refractivity contribution is 1.19. The molecule has 3 heterocycles. The molecule has 5 aromatic rings. The average Bonchev–Trinajstić information content (AvgIpc) is 2.76. The Kier molecular flexibility index (Phi) is 4.43. The maximum atomic E-state index is 4.58. The highest BCUT2D eigenvalue weighted by Crippen LogP contribution is 2.30. The van der Waals surface area contributed by atoms with Crippen LogP contribution >= 0.6 is 0 Å². The molecule has 0 saturated heterocycles. The second kappa shape index (κ2) is 7.37. The summed E-state index contributed by atoms with van der Waals surface area (Å²) in [4.78, 5) is 4.58. The van der Waals surface area contributed by atoms with Crippen LogP contribution in [0.15, 0.2) is 96.7 Å². The van der Waals surface area contributed by atoms with E-state index in [9.17, 15) is 0 Å². The van der Waals surface area contributed by atoms with E-state index in [1.807, 2.05) is 36.4 Å². The summed E-state index contributed by atoms with van der Waals surface area (Å²) in [6, 6.07) is 31.5.